The summed E-state index contributed by atoms with van der Waals surface area (Å²) in [5.74, 6) is 7.88. The fourth-order valence-electron chi connectivity index (χ4n) is 2.03. The van der Waals surface area contributed by atoms with Gasteiger partial charge in [0.15, 0.2) is 0 Å². The van der Waals surface area contributed by atoms with E-state index in [1.807, 2.05) is 48.5 Å². The molecule has 5 heteroatoms. The van der Waals surface area contributed by atoms with Crippen molar-refractivity contribution in [2.45, 2.75) is 6.04 Å². The Labute approximate surface area is 124 Å². The molecule has 0 aliphatic heterocycles. The van der Waals surface area contributed by atoms with Gasteiger partial charge in [-0.1, -0.05) is 18.2 Å². The van der Waals surface area contributed by atoms with Crippen molar-refractivity contribution in [2.75, 3.05) is 20.8 Å². The van der Waals surface area contributed by atoms with E-state index in [-0.39, 0.29) is 6.04 Å². The number of nitrogens with one attached hydrogen (secondary N) is 1. The van der Waals surface area contributed by atoms with Crippen LogP contribution in [-0.4, -0.2) is 20.8 Å². The standard InChI is InChI=1S/C16H20N2O3/c1-19-13-8-9-14(16(10-13)20-2)15(18-17)11-21-12-6-4-3-5-7-12/h3-10,15,18H,11,17H2,1-2H3. The molecule has 1 unspecified atom stereocenters. The number of ether oxygens (including phenoxy) is 3. The summed E-state index contributed by atoms with van der Waals surface area (Å²) in [7, 11) is 3.23. The third kappa shape index (κ3) is 3.87. The summed E-state index contributed by atoms with van der Waals surface area (Å²) in [5.41, 5.74) is 3.67. The second kappa shape index (κ2) is 7.52. The molecule has 112 valence electrons. The number of benzene rings is 2. The molecule has 1 atom stereocenters. The van der Waals surface area contributed by atoms with Gasteiger partial charge < -0.3 is 14.2 Å². The summed E-state index contributed by atoms with van der Waals surface area (Å²) in [5, 5.41) is 0. The lowest BCUT2D eigenvalue weighted by Gasteiger charge is -2.20. The van der Waals surface area contributed by atoms with Gasteiger partial charge in [0.25, 0.3) is 0 Å². The smallest absolute Gasteiger partial charge is 0.127 e. The molecule has 0 amide bonds. The number of hydrazine groups is 1. The van der Waals surface area contributed by atoms with E-state index in [2.05, 4.69) is 5.43 Å². The SMILES string of the molecule is COc1ccc(C(COc2ccccc2)NN)c(OC)c1. The number of para-hydroxylation sites is 1. The van der Waals surface area contributed by atoms with Gasteiger partial charge in [0.2, 0.25) is 0 Å². The third-order valence-corrected chi connectivity index (χ3v) is 3.18. The van der Waals surface area contributed by atoms with Gasteiger partial charge in [0.1, 0.15) is 23.9 Å². The summed E-state index contributed by atoms with van der Waals surface area (Å²) in [6, 6.07) is 15.0. The zero-order valence-corrected chi connectivity index (χ0v) is 12.2. The highest BCUT2D eigenvalue weighted by Crippen LogP contribution is 2.29. The predicted octanol–water partition coefficient (Wildman–Crippen LogP) is 2.29. The Morgan fingerprint density at radius 2 is 1.76 bits per heavy atom. The van der Waals surface area contributed by atoms with Gasteiger partial charge in [0.05, 0.1) is 20.3 Å². The lowest BCUT2D eigenvalue weighted by molar-refractivity contribution is 0.263. The fourth-order valence-corrected chi connectivity index (χ4v) is 2.03. The van der Waals surface area contributed by atoms with Crippen molar-refractivity contribution in [2.24, 2.45) is 5.84 Å². The maximum absolute atomic E-state index is 5.74. The number of methoxy groups -OCH3 is 2. The molecule has 0 spiro atoms. The molecule has 0 fully saturated rings. The Kier molecular flexibility index (Phi) is 5.43. The molecule has 0 saturated heterocycles. The van der Waals surface area contributed by atoms with Gasteiger partial charge in [-0.15, -0.1) is 0 Å². The van der Waals surface area contributed by atoms with Crippen molar-refractivity contribution in [1.82, 2.24) is 5.43 Å². The molecule has 0 aliphatic rings. The number of rotatable bonds is 7. The molecule has 2 aromatic carbocycles. The first-order valence-electron chi connectivity index (χ1n) is 6.64. The maximum Gasteiger partial charge on any atom is 0.127 e. The summed E-state index contributed by atoms with van der Waals surface area (Å²) >= 11 is 0. The molecule has 0 heterocycles. The third-order valence-electron chi connectivity index (χ3n) is 3.18. The van der Waals surface area contributed by atoms with Gasteiger partial charge >= 0.3 is 0 Å². The Morgan fingerprint density at radius 1 is 1.00 bits per heavy atom. The van der Waals surface area contributed by atoms with Crippen LogP contribution in [0.3, 0.4) is 0 Å². The predicted molar refractivity (Wildman–Crippen MR) is 81.5 cm³/mol. The first kappa shape index (κ1) is 15.2. The van der Waals surface area contributed by atoms with E-state index < -0.39 is 0 Å². The topological polar surface area (TPSA) is 65.7 Å². The fraction of sp³-hybridized carbons (Fsp3) is 0.250. The molecular formula is C16H20N2O3. The van der Waals surface area contributed by atoms with Gasteiger partial charge in [0, 0.05) is 11.6 Å². The molecule has 2 aromatic rings. The van der Waals surface area contributed by atoms with Crippen LogP contribution in [0, 0.1) is 0 Å². The first-order valence-corrected chi connectivity index (χ1v) is 6.64. The zero-order valence-electron chi connectivity index (χ0n) is 12.2. The highest BCUT2D eigenvalue weighted by Gasteiger charge is 2.16. The molecular weight excluding hydrogens is 268 g/mol. The lowest BCUT2D eigenvalue weighted by Crippen LogP contribution is -2.32. The number of hydrogen-bond donors (Lipinski definition) is 2. The second-order valence-corrected chi connectivity index (χ2v) is 4.45. The van der Waals surface area contributed by atoms with E-state index in [4.69, 9.17) is 20.1 Å². The zero-order chi connectivity index (χ0) is 15.1. The molecule has 3 N–H and O–H groups in total. The van der Waals surface area contributed by atoms with E-state index in [0.29, 0.717) is 12.4 Å². The summed E-state index contributed by atoms with van der Waals surface area (Å²) in [6.45, 7) is 0.392. The average molecular weight is 288 g/mol. The highest BCUT2D eigenvalue weighted by atomic mass is 16.5. The van der Waals surface area contributed by atoms with Crippen LogP contribution in [0.15, 0.2) is 48.5 Å². The van der Waals surface area contributed by atoms with Crippen molar-refractivity contribution in [3.8, 4) is 17.2 Å². The van der Waals surface area contributed by atoms with Crippen LogP contribution in [0.5, 0.6) is 17.2 Å². The summed E-state index contributed by atoms with van der Waals surface area (Å²) < 4.78 is 16.3. The molecule has 5 nitrogen and oxygen atoms in total. The normalized spacial score (nSPS) is 11.8. The molecule has 0 radical (unpaired) electrons. The van der Waals surface area contributed by atoms with E-state index >= 15 is 0 Å². The van der Waals surface area contributed by atoms with E-state index in [1.54, 1.807) is 14.2 Å². The van der Waals surface area contributed by atoms with Crippen molar-refractivity contribution in [3.63, 3.8) is 0 Å². The number of hydrogen-bond acceptors (Lipinski definition) is 5. The van der Waals surface area contributed by atoms with Crippen LogP contribution in [0.2, 0.25) is 0 Å². The van der Waals surface area contributed by atoms with Crippen LogP contribution >= 0.6 is 0 Å². The molecule has 21 heavy (non-hydrogen) atoms. The Hall–Kier alpha value is -2.24. The van der Waals surface area contributed by atoms with Crippen molar-refractivity contribution < 1.29 is 14.2 Å². The van der Waals surface area contributed by atoms with Crippen molar-refractivity contribution >= 4 is 0 Å². The van der Waals surface area contributed by atoms with Gasteiger partial charge in [-0.05, 0) is 24.3 Å². The Morgan fingerprint density at radius 3 is 2.38 bits per heavy atom. The monoisotopic (exact) mass is 288 g/mol. The van der Waals surface area contributed by atoms with Crippen molar-refractivity contribution in [3.05, 3.63) is 54.1 Å². The number of nitrogens with two attached hydrogens (primary N) is 1. The highest BCUT2D eigenvalue weighted by molar-refractivity contribution is 5.42. The van der Waals surface area contributed by atoms with Crippen LogP contribution in [0.4, 0.5) is 0 Å². The Balaban J connectivity index is 2.13. The van der Waals surface area contributed by atoms with E-state index in [1.165, 1.54) is 0 Å². The lowest BCUT2D eigenvalue weighted by atomic mass is 10.1. The van der Waals surface area contributed by atoms with Gasteiger partial charge in [-0.25, -0.2) is 5.43 Å². The summed E-state index contributed by atoms with van der Waals surface area (Å²) in [4.78, 5) is 0. The Bertz CT molecular complexity index is 561. The maximum atomic E-state index is 5.74. The van der Waals surface area contributed by atoms with E-state index in [9.17, 15) is 0 Å². The first-order chi connectivity index (χ1) is 10.3. The molecule has 0 saturated carbocycles. The second-order valence-electron chi connectivity index (χ2n) is 4.45. The largest absolute Gasteiger partial charge is 0.497 e. The van der Waals surface area contributed by atoms with Gasteiger partial charge in [-0.3, -0.25) is 5.84 Å². The minimum atomic E-state index is -0.189. The van der Waals surface area contributed by atoms with Crippen LogP contribution in [0.25, 0.3) is 0 Å². The van der Waals surface area contributed by atoms with Crippen molar-refractivity contribution in [1.29, 1.82) is 0 Å². The molecule has 2 rings (SSSR count). The van der Waals surface area contributed by atoms with Crippen LogP contribution < -0.4 is 25.5 Å². The van der Waals surface area contributed by atoms with Crippen LogP contribution in [0.1, 0.15) is 11.6 Å². The molecule has 0 aliphatic carbocycles. The molecule has 0 aromatic heterocycles. The summed E-state index contributed by atoms with van der Waals surface area (Å²) in [6.07, 6.45) is 0. The minimum absolute atomic E-state index is 0.189. The van der Waals surface area contributed by atoms with Gasteiger partial charge in [-0.2, -0.15) is 0 Å². The van der Waals surface area contributed by atoms with Crippen LogP contribution in [-0.2, 0) is 0 Å². The van der Waals surface area contributed by atoms with E-state index in [0.717, 1.165) is 17.1 Å². The molecule has 0 bridgehead atoms. The average Bonchev–Trinajstić information content (AvgIpc) is 2.56. The quantitative estimate of drug-likeness (QED) is 0.604. The minimum Gasteiger partial charge on any atom is -0.497 e.